The van der Waals surface area contributed by atoms with Gasteiger partial charge in [-0.3, -0.25) is 0 Å². The second-order valence-corrected chi connectivity index (χ2v) is 5.25. The van der Waals surface area contributed by atoms with E-state index in [1.807, 2.05) is 24.3 Å². The van der Waals surface area contributed by atoms with E-state index in [0.717, 1.165) is 28.1 Å². The van der Waals surface area contributed by atoms with Crippen LogP contribution in [0.4, 0.5) is 5.69 Å². The lowest BCUT2D eigenvalue weighted by Gasteiger charge is -2.19. The highest BCUT2D eigenvalue weighted by molar-refractivity contribution is 5.52. The van der Waals surface area contributed by atoms with E-state index < -0.39 is 0 Å². The van der Waals surface area contributed by atoms with Gasteiger partial charge in [-0.1, -0.05) is 17.7 Å². The monoisotopic (exact) mass is 280 g/mol. The van der Waals surface area contributed by atoms with E-state index in [1.54, 1.807) is 7.11 Å². The summed E-state index contributed by atoms with van der Waals surface area (Å²) in [6.07, 6.45) is 0. The van der Waals surface area contributed by atoms with E-state index in [9.17, 15) is 5.26 Å². The van der Waals surface area contributed by atoms with Gasteiger partial charge in [0, 0.05) is 5.69 Å². The van der Waals surface area contributed by atoms with Crippen LogP contribution < -0.4 is 10.1 Å². The first-order valence-electron chi connectivity index (χ1n) is 6.93. The molecule has 0 radical (unpaired) electrons. The minimum Gasteiger partial charge on any atom is -0.497 e. The van der Waals surface area contributed by atoms with E-state index in [2.05, 4.69) is 44.3 Å². The number of nitrogens with one attached hydrogen (secondary N) is 1. The van der Waals surface area contributed by atoms with Crippen LogP contribution in [-0.2, 0) is 0 Å². The van der Waals surface area contributed by atoms with Crippen LogP contribution in [0.3, 0.4) is 0 Å². The zero-order valence-electron chi connectivity index (χ0n) is 12.9. The van der Waals surface area contributed by atoms with Gasteiger partial charge in [-0.05, 0) is 61.7 Å². The molecule has 0 bridgehead atoms. The van der Waals surface area contributed by atoms with Crippen molar-refractivity contribution in [3.8, 4) is 11.8 Å². The fraction of sp³-hybridized carbons (Fsp3) is 0.278. The van der Waals surface area contributed by atoms with Crippen molar-refractivity contribution in [1.82, 2.24) is 0 Å². The molecule has 0 aliphatic heterocycles. The highest BCUT2D eigenvalue weighted by Gasteiger charge is 2.16. The highest BCUT2D eigenvalue weighted by Crippen LogP contribution is 2.27. The Hall–Kier alpha value is -2.47. The van der Waals surface area contributed by atoms with E-state index in [4.69, 9.17) is 4.74 Å². The van der Waals surface area contributed by atoms with Crippen molar-refractivity contribution in [2.24, 2.45) is 0 Å². The number of hydrogen-bond donors (Lipinski definition) is 1. The van der Waals surface area contributed by atoms with Gasteiger partial charge in [-0.2, -0.15) is 5.26 Å². The van der Waals surface area contributed by atoms with E-state index in [-0.39, 0.29) is 6.04 Å². The number of rotatable bonds is 4. The first-order valence-corrected chi connectivity index (χ1v) is 6.93. The third kappa shape index (κ3) is 3.35. The predicted octanol–water partition coefficient (Wildman–Crippen LogP) is 4.30. The van der Waals surface area contributed by atoms with Crippen LogP contribution in [0.5, 0.6) is 5.75 Å². The number of ether oxygens (including phenoxy) is 1. The predicted molar refractivity (Wildman–Crippen MR) is 85.6 cm³/mol. The van der Waals surface area contributed by atoms with Gasteiger partial charge in [-0.15, -0.1) is 0 Å². The molecule has 1 unspecified atom stereocenters. The van der Waals surface area contributed by atoms with Gasteiger partial charge in [0.05, 0.1) is 13.2 Å². The Morgan fingerprint density at radius 3 is 2.10 bits per heavy atom. The Bertz CT molecular complexity index is 646. The third-order valence-corrected chi connectivity index (χ3v) is 3.56. The second-order valence-electron chi connectivity index (χ2n) is 5.25. The number of anilines is 1. The third-order valence-electron chi connectivity index (χ3n) is 3.56. The molecule has 0 saturated heterocycles. The molecule has 108 valence electrons. The maximum atomic E-state index is 9.52. The Kier molecular flexibility index (Phi) is 4.49. The summed E-state index contributed by atoms with van der Waals surface area (Å²) in [5.74, 6) is 0.803. The van der Waals surface area contributed by atoms with Gasteiger partial charge in [0.1, 0.15) is 11.8 Å². The fourth-order valence-corrected chi connectivity index (χ4v) is 2.67. The lowest BCUT2D eigenvalue weighted by Crippen LogP contribution is -2.12. The van der Waals surface area contributed by atoms with Crippen LogP contribution in [0.15, 0.2) is 36.4 Å². The molecule has 2 rings (SSSR count). The number of aryl methyl sites for hydroxylation is 3. The van der Waals surface area contributed by atoms with Crippen molar-refractivity contribution in [3.63, 3.8) is 0 Å². The molecule has 0 aromatic heterocycles. The Morgan fingerprint density at radius 1 is 1.05 bits per heavy atom. The average molecular weight is 280 g/mol. The second kappa shape index (κ2) is 6.32. The Morgan fingerprint density at radius 2 is 1.62 bits per heavy atom. The van der Waals surface area contributed by atoms with Crippen molar-refractivity contribution in [2.75, 3.05) is 12.4 Å². The molecule has 21 heavy (non-hydrogen) atoms. The molecule has 3 heteroatoms. The quantitative estimate of drug-likeness (QED) is 0.908. The van der Waals surface area contributed by atoms with Crippen molar-refractivity contribution in [1.29, 1.82) is 5.26 Å². The molecule has 2 aromatic rings. The number of nitriles is 1. The first kappa shape index (κ1) is 14.9. The molecule has 0 saturated carbocycles. The van der Waals surface area contributed by atoms with Crippen LogP contribution in [0.2, 0.25) is 0 Å². The summed E-state index contributed by atoms with van der Waals surface area (Å²) in [5, 5.41) is 12.8. The van der Waals surface area contributed by atoms with E-state index in [0.29, 0.717) is 0 Å². The lowest BCUT2D eigenvalue weighted by atomic mass is 9.94. The van der Waals surface area contributed by atoms with Crippen LogP contribution in [0, 0.1) is 32.1 Å². The normalized spacial score (nSPS) is 11.6. The fourth-order valence-electron chi connectivity index (χ4n) is 2.67. The van der Waals surface area contributed by atoms with Gasteiger partial charge in [0.25, 0.3) is 0 Å². The number of nitrogens with zero attached hydrogens (tertiary/aromatic N) is 1. The molecule has 0 aliphatic rings. The topological polar surface area (TPSA) is 45.0 Å². The van der Waals surface area contributed by atoms with Crippen molar-refractivity contribution in [3.05, 3.63) is 58.7 Å². The molecule has 0 heterocycles. The summed E-state index contributed by atoms with van der Waals surface area (Å²) in [4.78, 5) is 0. The molecule has 0 amide bonds. The highest BCUT2D eigenvalue weighted by atomic mass is 16.5. The Labute approximate surface area is 126 Å². The van der Waals surface area contributed by atoms with Crippen molar-refractivity contribution in [2.45, 2.75) is 26.8 Å². The molecule has 0 fully saturated rings. The minimum atomic E-state index is -0.362. The zero-order chi connectivity index (χ0) is 15.4. The molecule has 1 atom stereocenters. The van der Waals surface area contributed by atoms with Crippen LogP contribution >= 0.6 is 0 Å². The smallest absolute Gasteiger partial charge is 0.140 e. The lowest BCUT2D eigenvalue weighted by molar-refractivity contribution is 0.415. The summed E-state index contributed by atoms with van der Waals surface area (Å²) in [7, 11) is 1.64. The summed E-state index contributed by atoms with van der Waals surface area (Å²) >= 11 is 0. The number of benzene rings is 2. The molecule has 0 spiro atoms. The van der Waals surface area contributed by atoms with Gasteiger partial charge in [-0.25, -0.2) is 0 Å². The summed E-state index contributed by atoms with van der Waals surface area (Å²) < 4.78 is 5.14. The average Bonchev–Trinajstić information content (AvgIpc) is 2.45. The van der Waals surface area contributed by atoms with E-state index >= 15 is 0 Å². The largest absolute Gasteiger partial charge is 0.497 e. The zero-order valence-corrected chi connectivity index (χ0v) is 12.9. The minimum absolute atomic E-state index is 0.362. The summed E-state index contributed by atoms with van der Waals surface area (Å²) in [6.45, 7) is 6.17. The van der Waals surface area contributed by atoms with Gasteiger partial charge >= 0.3 is 0 Å². The maximum Gasteiger partial charge on any atom is 0.140 e. The number of methoxy groups -OCH3 is 1. The summed E-state index contributed by atoms with van der Waals surface area (Å²) in [5.41, 5.74) is 5.45. The summed E-state index contributed by atoms with van der Waals surface area (Å²) in [6, 6.07) is 13.8. The molecule has 0 aliphatic carbocycles. The molecular weight excluding hydrogens is 260 g/mol. The van der Waals surface area contributed by atoms with Crippen molar-refractivity contribution < 1.29 is 4.74 Å². The Balaban J connectivity index is 2.30. The van der Waals surface area contributed by atoms with Gasteiger partial charge in [0.2, 0.25) is 0 Å². The molecular formula is C18H20N2O. The first-order chi connectivity index (χ1) is 10.0. The van der Waals surface area contributed by atoms with Crippen LogP contribution in [0.1, 0.15) is 28.3 Å². The number of hydrogen-bond acceptors (Lipinski definition) is 3. The van der Waals surface area contributed by atoms with Crippen LogP contribution in [0.25, 0.3) is 0 Å². The molecule has 3 nitrogen and oxygen atoms in total. The molecule has 2 aromatic carbocycles. The SMILES string of the molecule is COc1ccc(NC(C#N)c2c(C)cc(C)cc2C)cc1. The van der Waals surface area contributed by atoms with Gasteiger partial charge < -0.3 is 10.1 Å². The van der Waals surface area contributed by atoms with Crippen molar-refractivity contribution >= 4 is 5.69 Å². The van der Waals surface area contributed by atoms with E-state index in [1.165, 1.54) is 5.56 Å². The van der Waals surface area contributed by atoms with Gasteiger partial charge in [0.15, 0.2) is 0 Å². The molecule has 1 N–H and O–H groups in total. The van der Waals surface area contributed by atoms with Crippen LogP contribution in [-0.4, -0.2) is 7.11 Å². The maximum absolute atomic E-state index is 9.52. The standard InChI is InChI=1S/C18H20N2O/c1-12-9-13(2)18(14(3)10-12)17(11-19)20-15-5-7-16(21-4)8-6-15/h5-10,17,20H,1-4H3.